The summed E-state index contributed by atoms with van der Waals surface area (Å²) in [6, 6.07) is 0. The molecule has 0 saturated heterocycles. The van der Waals surface area contributed by atoms with Gasteiger partial charge in [0.2, 0.25) is 0 Å². The van der Waals surface area contributed by atoms with Crippen LogP contribution >= 0.6 is 0 Å². The van der Waals surface area contributed by atoms with Crippen LogP contribution in [0.25, 0.3) is 0 Å². The molecule has 0 spiro atoms. The highest BCUT2D eigenvalue weighted by Gasteiger charge is 2.44. The molecule has 0 aromatic heterocycles. The molecule has 0 aromatic carbocycles. The first-order valence-corrected chi connectivity index (χ1v) is 7.79. The van der Waals surface area contributed by atoms with Crippen LogP contribution < -0.4 is 11.1 Å². The van der Waals surface area contributed by atoms with Crippen molar-refractivity contribution in [1.29, 1.82) is 0 Å². The summed E-state index contributed by atoms with van der Waals surface area (Å²) in [6.45, 7) is 11.3. The minimum absolute atomic E-state index is 0.0790. The minimum atomic E-state index is -0.460. The van der Waals surface area contributed by atoms with E-state index in [1.165, 1.54) is 32.1 Å². The average Bonchev–Trinajstić information content (AvgIpc) is 2.34. The van der Waals surface area contributed by atoms with E-state index in [0.29, 0.717) is 13.1 Å². The van der Waals surface area contributed by atoms with Gasteiger partial charge in [-0.25, -0.2) is 4.79 Å². The first-order valence-electron chi connectivity index (χ1n) is 7.79. The van der Waals surface area contributed by atoms with E-state index in [4.69, 9.17) is 10.5 Å². The van der Waals surface area contributed by atoms with Crippen LogP contribution in [0.5, 0.6) is 0 Å². The fourth-order valence-corrected chi connectivity index (χ4v) is 3.05. The SMILES string of the molecule is CC(C)(C)OC(=O)NCC(C)(CN)C1(C)CCCCC1. The zero-order valence-electron chi connectivity index (χ0n) is 13.8. The van der Waals surface area contributed by atoms with E-state index < -0.39 is 5.60 Å². The lowest BCUT2D eigenvalue weighted by Gasteiger charge is -2.48. The van der Waals surface area contributed by atoms with Crippen molar-refractivity contribution in [2.45, 2.75) is 72.3 Å². The van der Waals surface area contributed by atoms with Gasteiger partial charge in [-0.15, -0.1) is 0 Å². The van der Waals surface area contributed by atoms with Crippen molar-refractivity contribution in [2.24, 2.45) is 16.6 Å². The van der Waals surface area contributed by atoms with Crippen molar-refractivity contribution in [1.82, 2.24) is 5.32 Å². The van der Waals surface area contributed by atoms with Gasteiger partial charge in [0.25, 0.3) is 0 Å². The maximum Gasteiger partial charge on any atom is 0.407 e. The van der Waals surface area contributed by atoms with E-state index in [1.807, 2.05) is 20.8 Å². The predicted molar refractivity (Wildman–Crippen MR) is 82.6 cm³/mol. The Labute approximate surface area is 123 Å². The number of rotatable bonds is 4. The van der Waals surface area contributed by atoms with Gasteiger partial charge < -0.3 is 15.8 Å². The molecule has 1 fully saturated rings. The second-order valence-electron chi connectivity index (χ2n) is 7.74. The van der Waals surface area contributed by atoms with Crippen molar-refractivity contribution < 1.29 is 9.53 Å². The van der Waals surface area contributed by atoms with Crippen LogP contribution in [0.4, 0.5) is 4.79 Å². The summed E-state index contributed by atoms with van der Waals surface area (Å²) in [5.41, 5.74) is 5.71. The third-order valence-corrected chi connectivity index (χ3v) is 4.89. The Bertz CT molecular complexity index is 330. The summed E-state index contributed by atoms with van der Waals surface area (Å²) >= 11 is 0. The molecule has 1 saturated carbocycles. The van der Waals surface area contributed by atoms with Gasteiger partial charge in [-0.3, -0.25) is 0 Å². The molecular formula is C16H32N2O2. The Morgan fingerprint density at radius 3 is 2.20 bits per heavy atom. The molecule has 4 nitrogen and oxygen atoms in total. The Morgan fingerprint density at radius 2 is 1.75 bits per heavy atom. The van der Waals surface area contributed by atoms with Crippen LogP contribution in [-0.4, -0.2) is 24.8 Å². The van der Waals surface area contributed by atoms with Crippen molar-refractivity contribution >= 4 is 6.09 Å². The summed E-state index contributed by atoms with van der Waals surface area (Å²) < 4.78 is 5.31. The minimum Gasteiger partial charge on any atom is -0.444 e. The van der Waals surface area contributed by atoms with Crippen LogP contribution in [0, 0.1) is 10.8 Å². The molecule has 0 radical (unpaired) electrons. The Balaban J connectivity index is 2.63. The zero-order chi connectivity index (χ0) is 15.4. The van der Waals surface area contributed by atoms with Gasteiger partial charge in [0, 0.05) is 12.0 Å². The maximum absolute atomic E-state index is 11.8. The van der Waals surface area contributed by atoms with E-state index >= 15 is 0 Å². The molecule has 1 atom stereocenters. The second kappa shape index (κ2) is 6.33. The van der Waals surface area contributed by atoms with Gasteiger partial charge in [0.1, 0.15) is 5.60 Å². The fraction of sp³-hybridized carbons (Fsp3) is 0.938. The Hall–Kier alpha value is -0.770. The molecule has 1 amide bonds. The number of hydrogen-bond acceptors (Lipinski definition) is 3. The predicted octanol–water partition coefficient (Wildman–Crippen LogP) is 3.45. The molecule has 1 aliphatic rings. The zero-order valence-corrected chi connectivity index (χ0v) is 13.8. The second-order valence-corrected chi connectivity index (χ2v) is 7.74. The summed E-state index contributed by atoms with van der Waals surface area (Å²) in [5.74, 6) is 0. The molecule has 0 aliphatic heterocycles. The number of carbonyl (C=O) groups excluding carboxylic acids is 1. The first-order chi connectivity index (χ1) is 9.12. The topological polar surface area (TPSA) is 64.3 Å². The third-order valence-electron chi connectivity index (χ3n) is 4.89. The summed E-state index contributed by atoms with van der Waals surface area (Å²) in [7, 11) is 0. The molecule has 4 heteroatoms. The van der Waals surface area contributed by atoms with E-state index in [2.05, 4.69) is 19.2 Å². The lowest BCUT2D eigenvalue weighted by atomic mass is 9.58. The van der Waals surface area contributed by atoms with Crippen LogP contribution in [-0.2, 0) is 4.74 Å². The number of nitrogens with one attached hydrogen (secondary N) is 1. The van der Waals surface area contributed by atoms with E-state index in [1.54, 1.807) is 0 Å². The molecule has 0 aromatic rings. The van der Waals surface area contributed by atoms with Crippen LogP contribution in [0.2, 0.25) is 0 Å². The van der Waals surface area contributed by atoms with Crippen LogP contribution in [0.3, 0.4) is 0 Å². The number of carbonyl (C=O) groups is 1. The molecule has 1 unspecified atom stereocenters. The van der Waals surface area contributed by atoms with Gasteiger partial charge in [-0.05, 0) is 45.6 Å². The number of nitrogens with two attached hydrogens (primary N) is 1. The van der Waals surface area contributed by atoms with Gasteiger partial charge >= 0.3 is 6.09 Å². The quantitative estimate of drug-likeness (QED) is 0.831. The Morgan fingerprint density at radius 1 is 1.20 bits per heavy atom. The number of alkyl carbamates (subject to hydrolysis) is 1. The summed E-state index contributed by atoms with van der Waals surface area (Å²) in [6.07, 6.45) is 5.87. The lowest BCUT2D eigenvalue weighted by molar-refractivity contribution is 0.0227. The molecule has 118 valence electrons. The number of ether oxygens (including phenoxy) is 1. The highest BCUT2D eigenvalue weighted by Crippen LogP contribution is 2.48. The van der Waals surface area contributed by atoms with Crippen molar-refractivity contribution in [3.05, 3.63) is 0 Å². The molecule has 3 N–H and O–H groups in total. The van der Waals surface area contributed by atoms with Crippen LogP contribution in [0.15, 0.2) is 0 Å². The monoisotopic (exact) mass is 284 g/mol. The normalized spacial score (nSPS) is 21.9. The van der Waals surface area contributed by atoms with E-state index in [-0.39, 0.29) is 16.9 Å². The smallest absolute Gasteiger partial charge is 0.407 e. The highest BCUT2D eigenvalue weighted by atomic mass is 16.6. The fourth-order valence-electron chi connectivity index (χ4n) is 3.05. The molecular weight excluding hydrogens is 252 g/mol. The van der Waals surface area contributed by atoms with E-state index in [9.17, 15) is 4.79 Å². The van der Waals surface area contributed by atoms with E-state index in [0.717, 1.165) is 0 Å². The molecule has 0 heterocycles. The lowest BCUT2D eigenvalue weighted by Crippen LogP contribution is -2.52. The molecule has 1 aliphatic carbocycles. The van der Waals surface area contributed by atoms with Crippen LogP contribution in [0.1, 0.15) is 66.7 Å². The summed E-state index contributed by atoms with van der Waals surface area (Å²) in [5, 5.41) is 2.91. The van der Waals surface area contributed by atoms with Gasteiger partial charge in [-0.1, -0.05) is 33.1 Å². The number of hydrogen-bond donors (Lipinski definition) is 2. The molecule has 20 heavy (non-hydrogen) atoms. The third kappa shape index (κ3) is 4.37. The van der Waals surface area contributed by atoms with Crippen molar-refractivity contribution in [3.8, 4) is 0 Å². The van der Waals surface area contributed by atoms with Crippen molar-refractivity contribution in [2.75, 3.05) is 13.1 Å². The average molecular weight is 284 g/mol. The Kier molecular flexibility index (Phi) is 5.47. The highest BCUT2D eigenvalue weighted by molar-refractivity contribution is 5.67. The molecule has 0 bridgehead atoms. The largest absolute Gasteiger partial charge is 0.444 e. The summed E-state index contributed by atoms with van der Waals surface area (Å²) in [4.78, 5) is 11.8. The van der Waals surface area contributed by atoms with Gasteiger partial charge in [0.15, 0.2) is 0 Å². The molecule has 1 rings (SSSR count). The van der Waals surface area contributed by atoms with Gasteiger partial charge in [0.05, 0.1) is 0 Å². The van der Waals surface area contributed by atoms with Crippen molar-refractivity contribution in [3.63, 3.8) is 0 Å². The standard InChI is InChI=1S/C16H32N2O2/c1-14(2,3)20-13(19)18-12-16(5,11-17)15(4)9-7-6-8-10-15/h6-12,17H2,1-5H3,(H,18,19). The maximum atomic E-state index is 11.8. The number of amides is 1. The van der Waals surface area contributed by atoms with Gasteiger partial charge in [-0.2, -0.15) is 0 Å². The first kappa shape index (κ1) is 17.3.